The zero-order valence-corrected chi connectivity index (χ0v) is 18.5. The third-order valence-electron chi connectivity index (χ3n) is 5.57. The van der Waals surface area contributed by atoms with E-state index < -0.39 is 0 Å². The number of anilines is 2. The third-order valence-corrected chi connectivity index (χ3v) is 6.56. The maximum absolute atomic E-state index is 13.8. The number of nitrogens with one attached hydrogen (secondary N) is 1. The number of amides is 1. The second-order valence-corrected chi connectivity index (χ2v) is 8.83. The van der Waals surface area contributed by atoms with Crippen molar-refractivity contribution < 1.29 is 9.18 Å². The molecular formula is C24H25FN4OS. The van der Waals surface area contributed by atoms with Crippen LogP contribution in [0.5, 0.6) is 0 Å². The maximum Gasteiger partial charge on any atom is 0.227 e. The van der Waals surface area contributed by atoms with E-state index in [-0.39, 0.29) is 17.6 Å². The van der Waals surface area contributed by atoms with E-state index in [1.807, 2.05) is 0 Å². The highest BCUT2D eigenvalue weighted by molar-refractivity contribution is 7.99. The van der Waals surface area contributed by atoms with Crippen molar-refractivity contribution in [1.29, 1.82) is 0 Å². The molecule has 1 saturated heterocycles. The molecule has 5 nitrogen and oxygen atoms in total. The van der Waals surface area contributed by atoms with Crippen LogP contribution in [0.15, 0.2) is 64.8 Å². The lowest BCUT2D eigenvalue weighted by Gasteiger charge is -2.32. The molecule has 2 heterocycles. The van der Waals surface area contributed by atoms with Crippen molar-refractivity contribution in [3.63, 3.8) is 0 Å². The number of carbonyl (C=O) groups is 1. The number of hydrogen-bond donors (Lipinski definition) is 1. The van der Waals surface area contributed by atoms with Crippen molar-refractivity contribution in [2.24, 2.45) is 5.92 Å². The van der Waals surface area contributed by atoms with Gasteiger partial charge in [-0.3, -0.25) is 4.79 Å². The van der Waals surface area contributed by atoms with Crippen molar-refractivity contribution in [3.05, 3.63) is 71.8 Å². The van der Waals surface area contributed by atoms with Crippen LogP contribution < -0.4 is 10.2 Å². The largest absolute Gasteiger partial charge is 0.354 e. The lowest BCUT2D eigenvalue weighted by molar-refractivity contribution is -0.120. The van der Waals surface area contributed by atoms with Gasteiger partial charge in [0.15, 0.2) is 5.82 Å². The SMILES string of the molecule is Cc1ccc(Sc2nccnc2N2CCC(C(=O)Nc3cccc(F)c3C)CC2)cc1. The first-order valence-corrected chi connectivity index (χ1v) is 11.2. The Morgan fingerprint density at radius 1 is 1.06 bits per heavy atom. The molecule has 1 aliphatic rings. The summed E-state index contributed by atoms with van der Waals surface area (Å²) in [6.07, 6.45) is 4.85. The molecule has 0 unspecified atom stereocenters. The van der Waals surface area contributed by atoms with Gasteiger partial charge in [-0.2, -0.15) is 0 Å². The number of benzene rings is 2. The van der Waals surface area contributed by atoms with Gasteiger partial charge in [-0.15, -0.1) is 0 Å². The van der Waals surface area contributed by atoms with Crippen LogP contribution in [0.3, 0.4) is 0 Å². The number of aryl methyl sites for hydroxylation is 1. The van der Waals surface area contributed by atoms with Crippen molar-refractivity contribution in [2.45, 2.75) is 36.6 Å². The molecule has 1 aromatic heterocycles. The van der Waals surface area contributed by atoms with E-state index in [9.17, 15) is 9.18 Å². The lowest BCUT2D eigenvalue weighted by Crippen LogP contribution is -2.39. The second kappa shape index (κ2) is 9.47. The Hall–Kier alpha value is -2.93. The van der Waals surface area contributed by atoms with Gasteiger partial charge in [0.1, 0.15) is 10.8 Å². The van der Waals surface area contributed by atoms with E-state index >= 15 is 0 Å². The summed E-state index contributed by atoms with van der Waals surface area (Å²) in [7, 11) is 0. The predicted octanol–water partition coefficient (Wildman–Crippen LogP) is 5.24. The predicted molar refractivity (Wildman–Crippen MR) is 122 cm³/mol. The Morgan fingerprint density at radius 3 is 2.52 bits per heavy atom. The normalized spacial score (nSPS) is 14.5. The van der Waals surface area contributed by atoms with Crippen LogP contribution in [-0.4, -0.2) is 29.0 Å². The highest BCUT2D eigenvalue weighted by Gasteiger charge is 2.27. The molecule has 0 radical (unpaired) electrons. The fourth-order valence-electron chi connectivity index (χ4n) is 3.66. The molecule has 1 aliphatic heterocycles. The number of carbonyl (C=O) groups excluding carboxylic acids is 1. The average Bonchev–Trinajstić information content (AvgIpc) is 2.79. The smallest absolute Gasteiger partial charge is 0.227 e. The van der Waals surface area contributed by atoms with Crippen LogP contribution in [-0.2, 0) is 4.79 Å². The lowest BCUT2D eigenvalue weighted by atomic mass is 9.95. The zero-order chi connectivity index (χ0) is 21.8. The molecule has 31 heavy (non-hydrogen) atoms. The first kappa shape index (κ1) is 21.3. The molecule has 0 atom stereocenters. The molecule has 0 bridgehead atoms. The van der Waals surface area contributed by atoms with Crippen molar-refractivity contribution in [3.8, 4) is 0 Å². The molecule has 2 aromatic carbocycles. The van der Waals surface area contributed by atoms with Crippen LogP contribution >= 0.6 is 11.8 Å². The summed E-state index contributed by atoms with van der Waals surface area (Å²) in [6.45, 7) is 5.19. The van der Waals surface area contributed by atoms with E-state index in [0.29, 0.717) is 24.1 Å². The fraction of sp³-hybridized carbons (Fsp3) is 0.292. The molecule has 1 fully saturated rings. The molecule has 160 valence electrons. The van der Waals surface area contributed by atoms with Gasteiger partial charge in [0.05, 0.1) is 0 Å². The third kappa shape index (κ3) is 5.05. The molecular weight excluding hydrogens is 411 g/mol. The number of halogens is 1. The Labute approximate surface area is 186 Å². The number of nitrogens with zero attached hydrogens (tertiary/aromatic N) is 3. The van der Waals surface area contributed by atoms with E-state index in [4.69, 9.17) is 0 Å². The minimum atomic E-state index is -0.311. The Balaban J connectivity index is 1.40. The topological polar surface area (TPSA) is 58.1 Å². The van der Waals surface area contributed by atoms with Crippen LogP contribution in [0.1, 0.15) is 24.0 Å². The van der Waals surface area contributed by atoms with Gasteiger partial charge >= 0.3 is 0 Å². The van der Waals surface area contributed by atoms with Crippen LogP contribution in [0.25, 0.3) is 0 Å². The summed E-state index contributed by atoms with van der Waals surface area (Å²) < 4.78 is 13.8. The van der Waals surface area contributed by atoms with E-state index in [1.165, 1.54) is 11.6 Å². The second-order valence-electron chi connectivity index (χ2n) is 7.76. The minimum Gasteiger partial charge on any atom is -0.354 e. The van der Waals surface area contributed by atoms with E-state index in [2.05, 4.69) is 51.4 Å². The summed E-state index contributed by atoms with van der Waals surface area (Å²) in [5.41, 5.74) is 2.22. The summed E-state index contributed by atoms with van der Waals surface area (Å²) in [4.78, 5) is 25.2. The van der Waals surface area contributed by atoms with Crippen LogP contribution in [0.4, 0.5) is 15.9 Å². The summed E-state index contributed by atoms with van der Waals surface area (Å²) in [6, 6.07) is 13.1. The summed E-state index contributed by atoms with van der Waals surface area (Å²) >= 11 is 1.60. The van der Waals surface area contributed by atoms with Gasteiger partial charge in [-0.05, 0) is 51.0 Å². The molecule has 4 rings (SSSR count). The van der Waals surface area contributed by atoms with Gasteiger partial charge in [0.2, 0.25) is 5.91 Å². The molecule has 0 spiro atoms. The number of aromatic nitrogens is 2. The molecule has 7 heteroatoms. The molecule has 1 amide bonds. The first-order chi connectivity index (χ1) is 15.0. The van der Waals surface area contributed by atoms with Crippen molar-refractivity contribution >= 4 is 29.2 Å². The highest BCUT2D eigenvalue weighted by atomic mass is 32.2. The van der Waals surface area contributed by atoms with Gasteiger partial charge in [-0.1, -0.05) is 35.5 Å². The summed E-state index contributed by atoms with van der Waals surface area (Å²) in [5.74, 6) is 0.382. The van der Waals surface area contributed by atoms with Crippen molar-refractivity contribution in [1.82, 2.24) is 9.97 Å². The monoisotopic (exact) mass is 436 g/mol. The molecule has 0 saturated carbocycles. The fourth-order valence-corrected chi connectivity index (χ4v) is 4.54. The van der Waals surface area contributed by atoms with Gasteiger partial charge in [-0.25, -0.2) is 14.4 Å². The molecule has 1 N–H and O–H groups in total. The summed E-state index contributed by atoms with van der Waals surface area (Å²) in [5, 5.41) is 3.76. The Kier molecular flexibility index (Phi) is 6.51. The van der Waals surface area contributed by atoms with Gasteiger partial charge in [0.25, 0.3) is 0 Å². The number of hydrogen-bond acceptors (Lipinski definition) is 5. The van der Waals surface area contributed by atoms with Gasteiger partial charge < -0.3 is 10.2 Å². The van der Waals surface area contributed by atoms with Crippen molar-refractivity contribution in [2.75, 3.05) is 23.3 Å². The maximum atomic E-state index is 13.8. The minimum absolute atomic E-state index is 0.0539. The van der Waals surface area contributed by atoms with E-state index in [1.54, 1.807) is 43.2 Å². The average molecular weight is 437 g/mol. The molecule has 0 aliphatic carbocycles. The Bertz CT molecular complexity index is 1070. The standard InChI is InChI=1S/C24H25FN4OS/c1-16-6-8-19(9-7-16)31-24-22(26-12-13-27-24)29-14-10-18(11-15-29)23(30)28-21-5-3-4-20(25)17(21)2/h3-9,12-13,18H,10-11,14-15H2,1-2H3,(H,28,30). The van der Waals surface area contributed by atoms with E-state index in [0.717, 1.165) is 28.8 Å². The number of piperidine rings is 1. The molecule has 3 aromatic rings. The quantitative estimate of drug-likeness (QED) is 0.593. The van der Waals surface area contributed by atoms with Gasteiger partial charge in [0, 0.05) is 47.5 Å². The first-order valence-electron chi connectivity index (χ1n) is 10.4. The zero-order valence-electron chi connectivity index (χ0n) is 17.6. The highest BCUT2D eigenvalue weighted by Crippen LogP contribution is 2.34. The van der Waals surface area contributed by atoms with Crippen LogP contribution in [0.2, 0.25) is 0 Å². The Morgan fingerprint density at radius 2 is 1.77 bits per heavy atom. The van der Waals surface area contributed by atoms with Crippen LogP contribution in [0, 0.1) is 25.6 Å². The number of rotatable bonds is 5.